The van der Waals surface area contributed by atoms with Crippen molar-refractivity contribution in [2.75, 3.05) is 5.32 Å². The van der Waals surface area contributed by atoms with Crippen molar-refractivity contribution < 1.29 is 9.21 Å². The molecule has 5 aromatic rings. The third-order valence-electron chi connectivity index (χ3n) is 4.92. The standard InChI is InChI=1S/C26H16ClIN2O2S/c27-17-7-5-16(6-8-17)23-13-10-19(32-23)11-14-25(31)29-21-12-9-18(28)15-20(21)26-30-22-3-1-2-4-24(22)33-26/h1-15H,(H,29,31). The molecule has 0 aliphatic rings. The number of carbonyl (C=O) groups is 1. The van der Waals surface area contributed by atoms with Crippen molar-refractivity contribution in [3.05, 3.63) is 99.3 Å². The predicted octanol–water partition coefficient (Wildman–Crippen LogP) is 8.13. The van der Waals surface area contributed by atoms with E-state index in [0.717, 1.165) is 29.9 Å². The van der Waals surface area contributed by atoms with Gasteiger partial charge >= 0.3 is 0 Å². The molecule has 0 saturated carbocycles. The Labute approximate surface area is 213 Å². The van der Waals surface area contributed by atoms with Gasteiger partial charge in [-0.25, -0.2) is 4.98 Å². The Hall–Kier alpha value is -2.94. The summed E-state index contributed by atoms with van der Waals surface area (Å²) in [5.41, 5.74) is 3.48. The van der Waals surface area contributed by atoms with E-state index in [-0.39, 0.29) is 5.91 Å². The fraction of sp³-hybridized carbons (Fsp3) is 0. The van der Waals surface area contributed by atoms with Gasteiger partial charge in [0.25, 0.3) is 0 Å². The van der Waals surface area contributed by atoms with E-state index in [2.05, 4.69) is 27.9 Å². The molecular weight excluding hydrogens is 567 g/mol. The quantitative estimate of drug-likeness (QED) is 0.168. The van der Waals surface area contributed by atoms with Gasteiger partial charge in [-0.15, -0.1) is 11.3 Å². The van der Waals surface area contributed by atoms with Crippen molar-refractivity contribution in [3.63, 3.8) is 0 Å². The molecule has 0 spiro atoms. The van der Waals surface area contributed by atoms with E-state index >= 15 is 0 Å². The van der Waals surface area contributed by atoms with E-state index in [0.29, 0.717) is 22.2 Å². The number of hydrogen-bond acceptors (Lipinski definition) is 4. The van der Waals surface area contributed by atoms with Crippen LogP contribution in [-0.4, -0.2) is 10.9 Å². The van der Waals surface area contributed by atoms with Crippen LogP contribution in [0.1, 0.15) is 5.76 Å². The minimum atomic E-state index is -0.247. The van der Waals surface area contributed by atoms with Crippen LogP contribution >= 0.6 is 45.5 Å². The molecule has 33 heavy (non-hydrogen) atoms. The lowest BCUT2D eigenvalue weighted by molar-refractivity contribution is -0.111. The van der Waals surface area contributed by atoms with Gasteiger partial charge < -0.3 is 9.73 Å². The molecule has 0 aliphatic carbocycles. The van der Waals surface area contributed by atoms with Crippen molar-refractivity contribution in [1.29, 1.82) is 0 Å². The van der Waals surface area contributed by atoms with Gasteiger partial charge in [-0.05, 0) is 95.4 Å². The number of para-hydroxylation sites is 1. The number of halogens is 2. The Balaban J connectivity index is 1.35. The van der Waals surface area contributed by atoms with Gasteiger partial charge in [-0.2, -0.15) is 0 Å². The van der Waals surface area contributed by atoms with Crippen LogP contribution in [0.5, 0.6) is 0 Å². The minimum absolute atomic E-state index is 0.247. The number of nitrogens with zero attached hydrogens (tertiary/aromatic N) is 1. The molecule has 0 bridgehead atoms. The molecule has 1 amide bonds. The molecule has 2 heterocycles. The summed E-state index contributed by atoms with van der Waals surface area (Å²) in [5, 5.41) is 4.51. The van der Waals surface area contributed by atoms with Gasteiger partial charge in [0, 0.05) is 25.8 Å². The van der Waals surface area contributed by atoms with E-state index in [4.69, 9.17) is 21.0 Å². The molecule has 162 valence electrons. The average Bonchev–Trinajstić information content (AvgIpc) is 3.46. The molecule has 4 nitrogen and oxygen atoms in total. The van der Waals surface area contributed by atoms with Crippen LogP contribution in [0.3, 0.4) is 0 Å². The van der Waals surface area contributed by atoms with Crippen LogP contribution in [0.2, 0.25) is 5.02 Å². The summed E-state index contributed by atoms with van der Waals surface area (Å²) in [4.78, 5) is 17.4. The van der Waals surface area contributed by atoms with Crippen molar-refractivity contribution in [2.24, 2.45) is 0 Å². The molecular formula is C26H16ClIN2O2S. The molecule has 3 aromatic carbocycles. The SMILES string of the molecule is O=C(C=Cc1ccc(-c2ccc(Cl)cc2)o1)Nc1ccc(I)cc1-c1nc2ccccc2s1. The van der Waals surface area contributed by atoms with E-state index < -0.39 is 0 Å². The fourth-order valence-electron chi connectivity index (χ4n) is 3.33. The number of benzene rings is 3. The van der Waals surface area contributed by atoms with Gasteiger partial charge in [0.15, 0.2) is 0 Å². The number of furan rings is 1. The molecule has 0 unspecified atom stereocenters. The van der Waals surface area contributed by atoms with E-state index in [1.165, 1.54) is 6.08 Å². The number of fused-ring (bicyclic) bond motifs is 1. The van der Waals surface area contributed by atoms with Crippen molar-refractivity contribution in [2.45, 2.75) is 0 Å². The Morgan fingerprint density at radius 2 is 1.85 bits per heavy atom. The van der Waals surface area contributed by atoms with E-state index in [9.17, 15) is 4.79 Å². The lowest BCUT2D eigenvalue weighted by Crippen LogP contribution is -2.08. The predicted molar refractivity (Wildman–Crippen MR) is 145 cm³/mol. The highest BCUT2D eigenvalue weighted by molar-refractivity contribution is 14.1. The number of carbonyl (C=O) groups excluding carboxylic acids is 1. The number of thiazole rings is 1. The summed E-state index contributed by atoms with van der Waals surface area (Å²) in [6.45, 7) is 0. The molecule has 7 heteroatoms. The first-order chi connectivity index (χ1) is 16.0. The highest BCUT2D eigenvalue weighted by atomic mass is 127. The van der Waals surface area contributed by atoms with Crippen LogP contribution in [0.25, 0.3) is 38.2 Å². The Bertz CT molecular complexity index is 1460. The molecule has 0 radical (unpaired) electrons. The Morgan fingerprint density at radius 3 is 2.67 bits per heavy atom. The lowest BCUT2D eigenvalue weighted by Gasteiger charge is -2.08. The zero-order valence-corrected chi connectivity index (χ0v) is 20.8. The third kappa shape index (κ3) is 5.03. The number of rotatable bonds is 5. The zero-order chi connectivity index (χ0) is 22.8. The summed E-state index contributed by atoms with van der Waals surface area (Å²) >= 11 is 9.81. The maximum atomic E-state index is 12.7. The second kappa shape index (κ2) is 9.51. The van der Waals surface area contributed by atoms with Crippen LogP contribution < -0.4 is 5.32 Å². The average molecular weight is 583 g/mol. The van der Waals surface area contributed by atoms with Crippen LogP contribution in [0.4, 0.5) is 5.69 Å². The minimum Gasteiger partial charge on any atom is -0.457 e. The van der Waals surface area contributed by atoms with Crippen molar-refractivity contribution >= 4 is 73.4 Å². The number of amides is 1. The van der Waals surface area contributed by atoms with Crippen molar-refractivity contribution in [3.8, 4) is 21.9 Å². The van der Waals surface area contributed by atoms with Gasteiger partial charge in [0.2, 0.25) is 5.91 Å². The normalized spacial score (nSPS) is 11.3. The number of anilines is 1. The first-order valence-corrected chi connectivity index (χ1v) is 12.3. The molecule has 0 saturated heterocycles. The van der Waals surface area contributed by atoms with Gasteiger partial charge in [-0.3, -0.25) is 4.79 Å². The summed E-state index contributed by atoms with van der Waals surface area (Å²) < 4.78 is 8.01. The van der Waals surface area contributed by atoms with E-state index in [1.807, 2.05) is 78.9 Å². The van der Waals surface area contributed by atoms with Crippen LogP contribution in [0.15, 0.2) is 89.4 Å². The number of aromatic nitrogens is 1. The molecule has 1 N–H and O–H groups in total. The largest absolute Gasteiger partial charge is 0.457 e. The second-order valence-electron chi connectivity index (χ2n) is 7.21. The second-order valence-corrected chi connectivity index (χ2v) is 9.92. The topological polar surface area (TPSA) is 55.1 Å². The Morgan fingerprint density at radius 1 is 1.03 bits per heavy atom. The van der Waals surface area contributed by atoms with Gasteiger partial charge in [0.1, 0.15) is 16.5 Å². The maximum absolute atomic E-state index is 12.7. The number of nitrogens with one attached hydrogen (secondary N) is 1. The first kappa shape index (κ1) is 21.9. The summed E-state index contributed by atoms with van der Waals surface area (Å²) in [7, 11) is 0. The fourth-order valence-corrected chi connectivity index (χ4v) is 4.95. The zero-order valence-electron chi connectivity index (χ0n) is 17.1. The van der Waals surface area contributed by atoms with Gasteiger partial charge in [-0.1, -0.05) is 23.7 Å². The third-order valence-corrected chi connectivity index (χ3v) is 6.91. The number of hydrogen-bond donors (Lipinski definition) is 1. The lowest BCUT2D eigenvalue weighted by atomic mass is 10.2. The monoisotopic (exact) mass is 582 g/mol. The smallest absolute Gasteiger partial charge is 0.248 e. The molecule has 0 aliphatic heterocycles. The van der Waals surface area contributed by atoms with Gasteiger partial charge in [0.05, 0.1) is 15.9 Å². The molecule has 0 fully saturated rings. The van der Waals surface area contributed by atoms with Crippen LogP contribution in [-0.2, 0) is 4.79 Å². The highest BCUT2D eigenvalue weighted by Crippen LogP contribution is 2.35. The van der Waals surface area contributed by atoms with Crippen molar-refractivity contribution in [1.82, 2.24) is 4.98 Å². The summed E-state index contributed by atoms with van der Waals surface area (Å²) in [6.07, 6.45) is 3.11. The molecule has 0 atom stereocenters. The molecule has 5 rings (SSSR count). The van der Waals surface area contributed by atoms with Crippen LogP contribution in [0, 0.1) is 3.57 Å². The van der Waals surface area contributed by atoms with E-state index in [1.54, 1.807) is 17.4 Å². The molecule has 2 aromatic heterocycles. The summed E-state index contributed by atoms with van der Waals surface area (Å²) in [6, 6.07) is 25.0. The Kier molecular flexibility index (Phi) is 6.30. The summed E-state index contributed by atoms with van der Waals surface area (Å²) in [5.74, 6) is 1.05. The first-order valence-electron chi connectivity index (χ1n) is 10.1. The highest BCUT2D eigenvalue weighted by Gasteiger charge is 2.13. The maximum Gasteiger partial charge on any atom is 0.248 e.